The predicted molar refractivity (Wildman–Crippen MR) is 72.5 cm³/mol. The average molecular weight is 282 g/mol. The number of aryl methyl sites for hydroxylation is 2. The van der Waals surface area contributed by atoms with Gasteiger partial charge in [-0.25, -0.2) is 4.98 Å². The Bertz CT molecular complexity index is 498. The van der Waals surface area contributed by atoms with Gasteiger partial charge in [0.1, 0.15) is 4.88 Å². The minimum absolute atomic E-state index is 0.0320. The molecule has 0 aromatic carbocycles. The van der Waals surface area contributed by atoms with Crippen molar-refractivity contribution in [3.8, 4) is 0 Å². The van der Waals surface area contributed by atoms with Crippen molar-refractivity contribution in [3.63, 3.8) is 0 Å². The quantitative estimate of drug-likeness (QED) is 0.918. The van der Waals surface area contributed by atoms with E-state index in [1.807, 2.05) is 13.8 Å². The molecule has 1 aliphatic rings. The van der Waals surface area contributed by atoms with Crippen molar-refractivity contribution in [2.75, 3.05) is 6.54 Å². The highest BCUT2D eigenvalue weighted by atomic mass is 32.1. The van der Waals surface area contributed by atoms with E-state index in [0.717, 1.165) is 30.0 Å². The maximum atomic E-state index is 12.5. The summed E-state index contributed by atoms with van der Waals surface area (Å²) in [5.74, 6) is -0.904. The average Bonchev–Trinajstić information content (AvgIpc) is 2.94. The number of hydrogen-bond donors (Lipinski definition) is 1. The molecule has 1 saturated heterocycles. The summed E-state index contributed by atoms with van der Waals surface area (Å²) in [7, 11) is 0. The molecule has 1 atom stereocenters. The molecule has 0 aliphatic carbocycles. The van der Waals surface area contributed by atoms with Crippen molar-refractivity contribution in [2.24, 2.45) is 0 Å². The highest BCUT2D eigenvalue weighted by Gasteiger charge is 2.32. The molecular formula is C13H18N2O3S. The van der Waals surface area contributed by atoms with Gasteiger partial charge in [0.15, 0.2) is 0 Å². The van der Waals surface area contributed by atoms with Gasteiger partial charge in [-0.05, 0) is 26.2 Å². The molecule has 1 amide bonds. The van der Waals surface area contributed by atoms with Crippen LogP contribution in [0.2, 0.25) is 0 Å². The molecule has 19 heavy (non-hydrogen) atoms. The van der Waals surface area contributed by atoms with E-state index in [-0.39, 0.29) is 18.4 Å². The van der Waals surface area contributed by atoms with Crippen LogP contribution in [-0.4, -0.2) is 39.5 Å². The second-order valence-corrected chi connectivity index (χ2v) is 5.85. The van der Waals surface area contributed by atoms with Gasteiger partial charge in [0, 0.05) is 12.6 Å². The number of carboxylic acid groups (broad SMARTS) is 1. The number of amides is 1. The number of hydrogen-bond acceptors (Lipinski definition) is 4. The molecule has 5 nitrogen and oxygen atoms in total. The van der Waals surface area contributed by atoms with E-state index in [9.17, 15) is 9.59 Å². The molecule has 0 saturated carbocycles. The molecule has 6 heteroatoms. The number of aromatic nitrogens is 1. The first-order valence-electron chi connectivity index (χ1n) is 6.52. The topological polar surface area (TPSA) is 70.5 Å². The second kappa shape index (κ2) is 5.69. The van der Waals surface area contributed by atoms with Gasteiger partial charge in [0.25, 0.3) is 5.91 Å². The highest BCUT2D eigenvalue weighted by molar-refractivity contribution is 7.13. The number of carbonyl (C=O) groups excluding carboxylic acids is 1. The van der Waals surface area contributed by atoms with Gasteiger partial charge in [0.05, 0.1) is 17.1 Å². The van der Waals surface area contributed by atoms with Crippen molar-refractivity contribution < 1.29 is 14.7 Å². The summed E-state index contributed by atoms with van der Waals surface area (Å²) in [6.07, 6.45) is 2.50. The van der Waals surface area contributed by atoms with Crippen LogP contribution in [0.3, 0.4) is 0 Å². The molecule has 1 N–H and O–H groups in total. The summed E-state index contributed by atoms with van der Waals surface area (Å²) >= 11 is 1.43. The van der Waals surface area contributed by atoms with Crippen LogP contribution in [0.4, 0.5) is 0 Å². The Kier molecular flexibility index (Phi) is 4.19. The zero-order chi connectivity index (χ0) is 14.0. The summed E-state index contributed by atoms with van der Waals surface area (Å²) in [5, 5.41) is 9.85. The molecule has 2 rings (SSSR count). The van der Waals surface area contributed by atoms with Crippen LogP contribution >= 0.6 is 11.3 Å². The second-order valence-electron chi connectivity index (χ2n) is 4.77. The predicted octanol–water partition coefficient (Wildman–Crippen LogP) is 2.09. The Morgan fingerprint density at radius 1 is 1.53 bits per heavy atom. The Morgan fingerprint density at radius 2 is 2.26 bits per heavy atom. The van der Waals surface area contributed by atoms with E-state index in [1.54, 1.807) is 4.90 Å². The first-order valence-corrected chi connectivity index (χ1v) is 7.33. The van der Waals surface area contributed by atoms with Gasteiger partial charge in [0.2, 0.25) is 0 Å². The highest BCUT2D eigenvalue weighted by Crippen LogP contribution is 2.26. The van der Waals surface area contributed by atoms with Crippen LogP contribution in [0.25, 0.3) is 0 Å². The summed E-state index contributed by atoms with van der Waals surface area (Å²) in [5.41, 5.74) is 0.757. The van der Waals surface area contributed by atoms with E-state index < -0.39 is 5.97 Å². The van der Waals surface area contributed by atoms with Crippen LogP contribution in [0.5, 0.6) is 0 Å². The zero-order valence-corrected chi connectivity index (χ0v) is 12.0. The number of carbonyl (C=O) groups is 2. The molecule has 1 aliphatic heterocycles. The van der Waals surface area contributed by atoms with Crippen LogP contribution in [-0.2, 0) is 11.2 Å². The number of thiazole rings is 1. The van der Waals surface area contributed by atoms with Crippen molar-refractivity contribution in [1.29, 1.82) is 0 Å². The molecule has 0 radical (unpaired) electrons. The smallest absolute Gasteiger partial charge is 0.305 e. The Balaban J connectivity index is 2.18. The lowest BCUT2D eigenvalue weighted by molar-refractivity contribution is -0.137. The van der Waals surface area contributed by atoms with Crippen LogP contribution < -0.4 is 0 Å². The third kappa shape index (κ3) is 2.94. The molecule has 1 unspecified atom stereocenters. The van der Waals surface area contributed by atoms with E-state index in [4.69, 9.17) is 5.11 Å². The Morgan fingerprint density at radius 3 is 2.84 bits per heavy atom. The van der Waals surface area contributed by atoms with Crippen molar-refractivity contribution in [2.45, 2.75) is 45.6 Å². The Labute approximate surface area is 116 Å². The fourth-order valence-electron chi connectivity index (χ4n) is 2.45. The zero-order valence-electron chi connectivity index (χ0n) is 11.2. The molecule has 1 aromatic rings. The number of aliphatic carboxylic acids is 1. The maximum Gasteiger partial charge on any atom is 0.305 e. The van der Waals surface area contributed by atoms with Crippen molar-refractivity contribution in [1.82, 2.24) is 9.88 Å². The van der Waals surface area contributed by atoms with E-state index in [0.29, 0.717) is 11.4 Å². The first-order chi connectivity index (χ1) is 9.02. The SMILES string of the molecule is CCc1nc(C)c(C(=O)N2CCCC2CC(=O)O)s1. The number of likely N-dealkylation sites (tertiary alicyclic amines) is 1. The number of nitrogens with zero attached hydrogens (tertiary/aromatic N) is 2. The lowest BCUT2D eigenvalue weighted by Gasteiger charge is -2.22. The van der Waals surface area contributed by atoms with Gasteiger partial charge in [-0.3, -0.25) is 9.59 Å². The van der Waals surface area contributed by atoms with Gasteiger partial charge in [-0.2, -0.15) is 0 Å². The van der Waals surface area contributed by atoms with Crippen LogP contribution in [0, 0.1) is 6.92 Å². The normalized spacial score (nSPS) is 18.8. The lowest BCUT2D eigenvalue weighted by atomic mass is 10.1. The monoisotopic (exact) mass is 282 g/mol. The first kappa shape index (κ1) is 14.0. The fourth-order valence-corrected chi connectivity index (χ4v) is 3.41. The standard InChI is InChI=1S/C13H18N2O3S/c1-3-10-14-8(2)12(19-10)13(18)15-6-4-5-9(15)7-11(16)17/h9H,3-7H2,1-2H3,(H,16,17). The fraction of sp³-hybridized carbons (Fsp3) is 0.615. The summed E-state index contributed by atoms with van der Waals surface area (Å²) in [6, 6.07) is -0.170. The minimum Gasteiger partial charge on any atom is -0.481 e. The number of rotatable bonds is 4. The van der Waals surface area contributed by atoms with Crippen LogP contribution in [0.1, 0.15) is 46.6 Å². The van der Waals surface area contributed by atoms with Crippen LogP contribution in [0.15, 0.2) is 0 Å². The Hall–Kier alpha value is -1.43. The molecule has 104 valence electrons. The largest absolute Gasteiger partial charge is 0.481 e. The van der Waals surface area contributed by atoms with E-state index in [2.05, 4.69) is 4.98 Å². The molecule has 2 heterocycles. The third-order valence-electron chi connectivity index (χ3n) is 3.39. The van der Waals surface area contributed by atoms with E-state index in [1.165, 1.54) is 11.3 Å². The van der Waals surface area contributed by atoms with Gasteiger partial charge in [-0.1, -0.05) is 6.92 Å². The maximum absolute atomic E-state index is 12.5. The number of carboxylic acids is 1. The molecule has 1 aromatic heterocycles. The minimum atomic E-state index is -0.847. The molecule has 1 fully saturated rings. The van der Waals surface area contributed by atoms with Crippen molar-refractivity contribution in [3.05, 3.63) is 15.6 Å². The molecular weight excluding hydrogens is 264 g/mol. The molecule has 0 spiro atoms. The summed E-state index contributed by atoms with van der Waals surface area (Å²) < 4.78 is 0. The third-order valence-corrected chi connectivity index (χ3v) is 4.68. The summed E-state index contributed by atoms with van der Waals surface area (Å²) in [6.45, 7) is 4.50. The lowest BCUT2D eigenvalue weighted by Crippen LogP contribution is -2.36. The van der Waals surface area contributed by atoms with Gasteiger partial charge >= 0.3 is 5.97 Å². The van der Waals surface area contributed by atoms with E-state index >= 15 is 0 Å². The van der Waals surface area contributed by atoms with Gasteiger partial charge < -0.3 is 10.0 Å². The molecule has 0 bridgehead atoms. The summed E-state index contributed by atoms with van der Waals surface area (Å²) in [4.78, 5) is 30.0. The van der Waals surface area contributed by atoms with Gasteiger partial charge in [-0.15, -0.1) is 11.3 Å². The van der Waals surface area contributed by atoms with Crippen molar-refractivity contribution >= 4 is 23.2 Å².